The largest absolute Gasteiger partial charge is 1.00 e. The molecule has 1 amide bonds. The lowest BCUT2D eigenvalue weighted by Gasteiger charge is -1.77. The normalized spacial score (nSPS) is 12.5. The molecule has 0 spiro atoms. The molecule has 2 rings (SSSR count). The number of hydrogen-bond acceptors (Lipinski definition) is 1. The Morgan fingerprint density at radius 2 is 2.00 bits per heavy atom. The second-order valence-corrected chi connectivity index (χ2v) is 2.15. The first-order chi connectivity index (χ1) is 4.86. The fourth-order valence-electron chi connectivity index (χ4n) is 0.995. The van der Waals surface area contributed by atoms with Crippen LogP contribution in [0.5, 0.6) is 0 Å². The molecule has 0 fully saturated rings. The number of carbonyl (C=O) groups excluding carboxylic acids is 1. The van der Waals surface area contributed by atoms with E-state index in [0.717, 1.165) is 10.6 Å². The number of halogens is 1. The molecule has 0 atom stereocenters. The van der Waals surface area contributed by atoms with E-state index in [-0.39, 0.29) is 19.7 Å². The third-order valence-electron chi connectivity index (χ3n) is 1.45. The molecule has 1 aromatic carbocycles. The second kappa shape index (κ2) is 2.84. The number of nitrogens with zero attached hydrogens (tertiary/aromatic N) is 1. The molecular formula is C8H7ClNO+. The van der Waals surface area contributed by atoms with Crippen LogP contribution in [0.25, 0.3) is 6.08 Å². The summed E-state index contributed by atoms with van der Waals surface area (Å²) in [6.45, 7) is 0. The molecular weight excluding hydrogens is 162 g/mol. The van der Waals surface area contributed by atoms with Gasteiger partial charge in [-0.3, -0.25) is 4.79 Å². The minimum atomic E-state index is -0.152. The maximum Gasteiger partial charge on any atom is 1.00 e. The first-order valence-corrected chi connectivity index (χ1v) is 3.06. The number of benzene rings is 1. The summed E-state index contributed by atoms with van der Waals surface area (Å²) in [5.74, 6) is -0.152. The molecule has 0 aromatic heterocycles. The Bertz CT molecular complexity index is 365. The number of hydrogen-bond donors (Lipinski definition) is 0. The van der Waals surface area contributed by atoms with E-state index in [4.69, 9.17) is 0 Å². The van der Waals surface area contributed by atoms with Gasteiger partial charge in [-0.05, 0) is 6.07 Å². The summed E-state index contributed by atoms with van der Waals surface area (Å²) in [6, 6.07) is 7.47. The summed E-state index contributed by atoms with van der Waals surface area (Å²) in [6.07, 6.45) is 1.54. The Morgan fingerprint density at radius 3 is 2.73 bits per heavy atom. The summed E-state index contributed by atoms with van der Waals surface area (Å²) in [5.41, 5.74) is 0. The molecule has 0 radical (unpaired) electrons. The number of fused-ring (bicyclic) bond motifs is 1. The van der Waals surface area contributed by atoms with Crippen LogP contribution in [0, 0.1) is 0 Å². The average molecular weight is 169 g/mol. The maximum absolute atomic E-state index is 10.7. The average Bonchev–Trinajstić information content (AvgIpc) is 2.27. The summed E-state index contributed by atoms with van der Waals surface area (Å²) < 4.78 is 0. The molecule has 1 aromatic rings. The van der Waals surface area contributed by atoms with Crippen LogP contribution in [0.2, 0.25) is 0 Å². The Labute approximate surface area is 71.2 Å². The Kier molecular flexibility index (Phi) is 2.06. The summed E-state index contributed by atoms with van der Waals surface area (Å²) in [5, 5.41) is 1.71. The lowest BCUT2D eigenvalue weighted by atomic mass is 10.3. The molecule has 11 heavy (non-hydrogen) atoms. The Hall–Kier alpha value is -1.15. The van der Waals surface area contributed by atoms with E-state index in [1.54, 1.807) is 0 Å². The van der Waals surface area contributed by atoms with Crippen LogP contribution < -0.4 is 10.6 Å². The molecule has 1 aliphatic heterocycles. The smallest absolute Gasteiger partial charge is 0.267 e. The predicted octanol–water partition coefficient (Wildman–Crippen LogP) is 0.161. The number of carbonyl (C=O) groups is 1. The van der Waals surface area contributed by atoms with E-state index >= 15 is 0 Å². The lowest BCUT2D eigenvalue weighted by Crippen LogP contribution is -2.19. The van der Waals surface area contributed by atoms with Gasteiger partial charge in [-0.25, -0.2) is 4.99 Å². The minimum Gasteiger partial charge on any atom is -0.267 e. The molecule has 0 saturated heterocycles. The van der Waals surface area contributed by atoms with Crippen LogP contribution in [-0.4, -0.2) is 5.91 Å². The van der Waals surface area contributed by atoms with Gasteiger partial charge in [-0.1, -0.05) is 18.2 Å². The van der Waals surface area contributed by atoms with Crippen molar-refractivity contribution in [2.75, 3.05) is 0 Å². The van der Waals surface area contributed by atoms with E-state index in [0.29, 0.717) is 0 Å². The van der Waals surface area contributed by atoms with Gasteiger partial charge in [-0.15, -0.1) is 12.4 Å². The highest BCUT2D eigenvalue weighted by atomic mass is 35.5. The van der Waals surface area contributed by atoms with Crippen LogP contribution in [0.1, 0.15) is 1.43 Å². The predicted molar refractivity (Wildman–Crippen MR) is 45.1 cm³/mol. The molecule has 0 saturated carbocycles. The molecule has 2 nitrogen and oxygen atoms in total. The van der Waals surface area contributed by atoms with E-state index < -0.39 is 0 Å². The van der Waals surface area contributed by atoms with E-state index in [1.165, 1.54) is 6.08 Å². The van der Waals surface area contributed by atoms with Crippen LogP contribution in [0.15, 0.2) is 29.3 Å². The van der Waals surface area contributed by atoms with Crippen molar-refractivity contribution < 1.29 is 6.22 Å². The number of amides is 1. The third kappa shape index (κ3) is 1.30. The highest BCUT2D eigenvalue weighted by Crippen LogP contribution is 1.81. The molecule has 0 aliphatic carbocycles. The van der Waals surface area contributed by atoms with Crippen molar-refractivity contribution in [3.8, 4) is 0 Å². The first kappa shape index (κ1) is 7.95. The van der Waals surface area contributed by atoms with E-state index in [9.17, 15) is 4.79 Å². The summed E-state index contributed by atoms with van der Waals surface area (Å²) in [4.78, 5) is 14.4. The lowest BCUT2D eigenvalue weighted by molar-refractivity contribution is -0.112. The van der Waals surface area contributed by atoms with Crippen molar-refractivity contribution >= 4 is 24.4 Å². The number of para-hydroxylation sites is 1. The van der Waals surface area contributed by atoms with Crippen LogP contribution in [-0.2, 0) is 4.79 Å². The fraction of sp³-hybridized carbons (Fsp3) is 0. The van der Waals surface area contributed by atoms with E-state index in [1.807, 2.05) is 24.3 Å². The zero-order valence-electron chi connectivity index (χ0n) is 6.65. The monoisotopic (exact) mass is 168 g/mol. The molecule has 0 bridgehead atoms. The topological polar surface area (TPSA) is 29.4 Å². The van der Waals surface area contributed by atoms with Gasteiger partial charge in [0.1, 0.15) is 0 Å². The van der Waals surface area contributed by atoms with Gasteiger partial charge >= 0.3 is 1.43 Å². The summed E-state index contributed by atoms with van der Waals surface area (Å²) in [7, 11) is 0. The molecule has 1 aliphatic rings. The minimum absolute atomic E-state index is 0. The van der Waals surface area contributed by atoms with Crippen molar-refractivity contribution in [2.24, 2.45) is 4.99 Å². The SMILES string of the molecule is Cl.O=C1C=c2ccccc2=N1.[H+]. The van der Waals surface area contributed by atoms with Gasteiger partial charge < -0.3 is 0 Å². The van der Waals surface area contributed by atoms with Crippen molar-refractivity contribution in [1.82, 2.24) is 0 Å². The highest BCUT2D eigenvalue weighted by molar-refractivity contribution is 6.06. The second-order valence-electron chi connectivity index (χ2n) is 2.15. The van der Waals surface area contributed by atoms with Gasteiger partial charge in [0.2, 0.25) is 0 Å². The van der Waals surface area contributed by atoms with Gasteiger partial charge in [0.15, 0.2) is 0 Å². The quantitative estimate of drug-likeness (QED) is 0.543. The van der Waals surface area contributed by atoms with Gasteiger partial charge in [-0.2, -0.15) is 0 Å². The van der Waals surface area contributed by atoms with Crippen molar-refractivity contribution in [3.05, 3.63) is 34.8 Å². The third-order valence-corrected chi connectivity index (χ3v) is 1.45. The standard InChI is InChI=1S/C8H5NO.ClH/c10-8-5-6-3-1-2-4-7(6)9-8;/h1-5H;1H/p+1. The van der Waals surface area contributed by atoms with Crippen LogP contribution in [0.3, 0.4) is 0 Å². The van der Waals surface area contributed by atoms with Crippen LogP contribution in [0.4, 0.5) is 0 Å². The van der Waals surface area contributed by atoms with Crippen molar-refractivity contribution in [1.29, 1.82) is 0 Å². The molecule has 3 heteroatoms. The Balaban J connectivity index is 0.000000605. The maximum atomic E-state index is 10.7. The zero-order chi connectivity index (χ0) is 6.97. The number of rotatable bonds is 0. The first-order valence-electron chi connectivity index (χ1n) is 3.06. The summed E-state index contributed by atoms with van der Waals surface area (Å²) >= 11 is 0. The van der Waals surface area contributed by atoms with Gasteiger partial charge in [0.05, 0.1) is 5.36 Å². The van der Waals surface area contributed by atoms with E-state index in [2.05, 4.69) is 4.99 Å². The van der Waals surface area contributed by atoms with Gasteiger partial charge in [0, 0.05) is 11.3 Å². The molecule has 0 N–H and O–H groups in total. The molecule has 56 valence electrons. The van der Waals surface area contributed by atoms with Crippen molar-refractivity contribution in [3.63, 3.8) is 0 Å². The van der Waals surface area contributed by atoms with Crippen molar-refractivity contribution in [2.45, 2.75) is 0 Å². The molecule has 1 heterocycles. The van der Waals surface area contributed by atoms with Crippen LogP contribution >= 0.6 is 12.4 Å². The highest BCUT2D eigenvalue weighted by Gasteiger charge is 1.99. The molecule has 0 unspecified atom stereocenters. The zero-order valence-corrected chi connectivity index (χ0v) is 6.47. The fourth-order valence-corrected chi connectivity index (χ4v) is 0.995. The Morgan fingerprint density at radius 1 is 1.27 bits per heavy atom. The van der Waals surface area contributed by atoms with Gasteiger partial charge in [0.25, 0.3) is 5.91 Å².